The molecule has 96 valence electrons. The first-order valence-corrected chi connectivity index (χ1v) is 6.53. The second-order valence-electron chi connectivity index (χ2n) is 4.67. The summed E-state index contributed by atoms with van der Waals surface area (Å²) >= 11 is 0. The molecule has 2 heteroatoms. The SMILES string of the molecule is CCc1ccc(C(O)c2ccc3ccccc3c2)o1. The summed E-state index contributed by atoms with van der Waals surface area (Å²) in [5.74, 6) is 1.50. The smallest absolute Gasteiger partial charge is 0.137 e. The molecule has 0 spiro atoms. The van der Waals surface area contributed by atoms with Crippen molar-refractivity contribution < 1.29 is 9.52 Å². The lowest BCUT2D eigenvalue weighted by Crippen LogP contribution is -1.97. The second kappa shape index (κ2) is 4.90. The van der Waals surface area contributed by atoms with Crippen LogP contribution in [0.1, 0.15) is 30.1 Å². The van der Waals surface area contributed by atoms with Gasteiger partial charge in [0.05, 0.1) is 0 Å². The number of hydrogen-bond donors (Lipinski definition) is 1. The third-order valence-electron chi connectivity index (χ3n) is 3.39. The molecule has 3 rings (SSSR count). The minimum absolute atomic E-state index is 0.604. The normalized spacial score (nSPS) is 12.7. The zero-order valence-electron chi connectivity index (χ0n) is 10.8. The van der Waals surface area contributed by atoms with Crippen molar-refractivity contribution in [2.45, 2.75) is 19.4 Å². The molecule has 0 radical (unpaired) electrons. The number of hydrogen-bond acceptors (Lipinski definition) is 2. The van der Waals surface area contributed by atoms with Gasteiger partial charge in [-0.2, -0.15) is 0 Å². The molecule has 19 heavy (non-hydrogen) atoms. The van der Waals surface area contributed by atoms with Crippen molar-refractivity contribution in [3.63, 3.8) is 0 Å². The van der Waals surface area contributed by atoms with Crippen molar-refractivity contribution in [3.8, 4) is 0 Å². The van der Waals surface area contributed by atoms with Gasteiger partial charge >= 0.3 is 0 Å². The Morgan fingerprint density at radius 2 is 1.79 bits per heavy atom. The van der Waals surface area contributed by atoms with E-state index >= 15 is 0 Å². The minimum Gasteiger partial charge on any atom is -0.463 e. The van der Waals surface area contributed by atoms with Crippen LogP contribution in [0.3, 0.4) is 0 Å². The van der Waals surface area contributed by atoms with E-state index in [2.05, 4.69) is 6.07 Å². The highest BCUT2D eigenvalue weighted by atomic mass is 16.4. The summed E-state index contributed by atoms with van der Waals surface area (Å²) in [7, 11) is 0. The number of benzene rings is 2. The Balaban J connectivity index is 1.98. The monoisotopic (exact) mass is 252 g/mol. The Morgan fingerprint density at radius 3 is 2.53 bits per heavy atom. The molecule has 2 nitrogen and oxygen atoms in total. The van der Waals surface area contributed by atoms with Gasteiger partial charge in [0.15, 0.2) is 0 Å². The number of aryl methyl sites for hydroxylation is 1. The van der Waals surface area contributed by atoms with Crippen molar-refractivity contribution >= 4 is 10.8 Å². The summed E-state index contributed by atoms with van der Waals surface area (Å²) in [5, 5.41) is 12.7. The van der Waals surface area contributed by atoms with Gasteiger partial charge in [0.25, 0.3) is 0 Å². The Labute approximate surface area is 112 Å². The quantitative estimate of drug-likeness (QED) is 0.762. The largest absolute Gasteiger partial charge is 0.463 e. The van der Waals surface area contributed by atoms with E-state index in [0.29, 0.717) is 5.76 Å². The van der Waals surface area contributed by atoms with Crippen LogP contribution in [0.15, 0.2) is 59.0 Å². The lowest BCUT2D eigenvalue weighted by Gasteiger charge is -2.09. The predicted octanol–water partition coefficient (Wildman–Crippen LogP) is 4.08. The van der Waals surface area contributed by atoms with Gasteiger partial charge in [0.2, 0.25) is 0 Å². The molecule has 0 amide bonds. The number of aliphatic hydroxyl groups is 1. The Bertz CT molecular complexity index is 697. The van der Waals surface area contributed by atoms with E-state index in [9.17, 15) is 5.11 Å². The Kier molecular flexibility index (Phi) is 3.10. The molecule has 1 atom stereocenters. The fourth-order valence-electron chi connectivity index (χ4n) is 2.27. The van der Waals surface area contributed by atoms with E-state index < -0.39 is 6.10 Å². The van der Waals surface area contributed by atoms with Crippen molar-refractivity contribution in [2.75, 3.05) is 0 Å². The molecule has 0 saturated heterocycles. The first-order chi connectivity index (χ1) is 9.28. The number of fused-ring (bicyclic) bond motifs is 1. The molecular formula is C17H16O2. The Hall–Kier alpha value is -2.06. The molecule has 1 N–H and O–H groups in total. The van der Waals surface area contributed by atoms with Gasteiger partial charge in [-0.05, 0) is 34.5 Å². The molecule has 0 aliphatic rings. The summed E-state index contributed by atoms with van der Waals surface area (Å²) in [5.41, 5.74) is 0.857. The Morgan fingerprint density at radius 1 is 1.00 bits per heavy atom. The maximum Gasteiger partial charge on any atom is 0.137 e. The minimum atomic E-state index is -0.704. The number of furan rings is 1. The van der Waals surface area contributed by atoms with Crippen LogP contribution in [-0.4, -0.2) is 5.11 Å². The van der Waals surface area contributed by atoms with Gasteiger partial charge in [-0.25, -0.2) is 0 Å². The topological polar surface area (TPSA) is 33.4 Å². The molecule has 0 saturated carbocycles. The molecule has 0 bridgehead atoms. The number of aliphatic hydroxyl groups excluding tert-OH is 1. The predicted molar refractivity (Wildman–Crippen MR) is 76.1 cm³/mol. The van der Waals surface area contributed by atoms with E-state index in [1.54, 1.807) is 0 Å². The van der Waals surface area contributed by atoms with Gasteiger partial charge < -0.3 is 9.52 Å². The van der Waals surface area contributed by atoms with E-state index in [1.807, 2.05) is 55.5 Å². The number of rotatable bonds is 3. The summed E-state index contributed by atoms with van der Waals surface area (Å²) in [6, 6.07) is 17.9. The van der Waals surface area contributed by atoms with Crippen molar-refractivity contribution in [1.82, 2.24) is 0 Å². The second-order valence-corrected chi connectivity index (χ2v) is 4.67. The standard InChI is InChI=1S/C17H16O2/c1-2-15-9-10-16(19-15)17(18)14-8-7-12-5-3-4-6-13(12)11-14/h3-11,17-18H,2H2,1H3. The van der Waals surface area contributed by atoms with E-state index in [-0.39, 0.29) is 0 Å². The van der Waals surface area contributed by atoms with Gasteiger partial charge in [0, 0.05) is 6.42 Å². The highest BCUT2D eigenvalue weighted by molar-refractivity contribution is 5.83. The third kappa shape index (κ3) is 2.27. The molecule has 3 aromatic rings. The maximum atomic E-state index is 10.4. The average molecular weight is 252 g/mol. The van der Waals surface area contributed by atoms with E-state index in [1.165, 1.54) is 5.39 Å². The van der Waals surface area contributed by atoms with Crippen LogP contribution in [0, 0.1) is 0 Å². The first-order valence-electron chi connectivity index (χ1n) is 6.53. The van der Waals surface area contributed by atoms with Gasteiger partial charge in [0.1, 0.15) is 17.6 Å². The van der Waals surface area contributed by atoms with Gasteiger partial charge in [-0.15, -0.1) is 0 Å². The zero-order valence-corrected chi connectivity index (χ0v) is 10.8. The molecule has 0 aliphatic carbocycles. The first kappa shape index (κ1) is 12.0. The van der Waals surface area contributed by atoms with Crippen LogP contribution < -0.4 is 0 Å². The van der Waals surface area contributed by atoms with Gasteiger partial charge in [-0.1, -0.05) is 43.3 Å². The van der Waals surface area contributed by atoms with Crippen LogP contribution >= 0.6 is 0 Å². The van der Waals surface area contributed by atoms with Gasteiger partial charge in [-0.3, -0.25) is 0 Å². The molecule has 0 fully saturated rings. The van der Waals surface area contributed by atoms with Crippen LogP contribution in [0.5, 0.6) is 0 Å². The molecule has 0 aliphatic heterocycles. The lowest BCUT2D eigenvalue weighted by molar-refractivity contribution is 0.187. The molecule has 2 aromatic carbocycles. The van der Waals surface area contributed by atoms with E-state index in [4.69, 9.17) is 4.42 Å². The zero-order chi connectivity index (χ0) is 13.2. The molecular weight excluding hydrogens is 236 g/mol. The fraction of sp³-hybridized carbons (Fsp3) is 0.176. The van der Waals surface area contributed by atoms with Crippen molar-refractivity contribution in [2.24, 2.45) is 0 Å². The highest BCUT2D eigenvalue weighted by Gasteiger charge is 2.14. The maximum absolute atomic E-state index is 10.4. The summed E-state index contributed by atoms with van der Waals surface area (Å²) in [6.07, 6.45) is 0.134. The van der Waals surface area contributed by atoms with Crippen LogP contribution in [0.4, 0.5) is 0 Å². The van der Waals surface area contributed by atoms with Crippen molar-refractivity contribution in [3.05, 3.63) is 71.7 Å². The van der Waals surface area contributed by atoms with E-state index in [0.717, 1.165) is 23.1 Å². The van der Waals surface area contributed by atoms with Crippen LogP contribution in [-0.2, 0) is 6.42 Å². The third-order valence-corrected chi connectivity index (χ3v) is 3.39. The van der Waals surface area contributed by atoms with Crippen molar-refractivity contribution in [1.29, 1.82) is 0 Å². The fourth-order valence-corrected chi connectivity index (χ4v) is 2.27. The molecule has 1 heterocycles. The summed E-state index contributed by atoms with van der Waals surface area (Å²) in [4.78, 5) is 0. The molecule has 1 unspecified atom stereocenters. The highest BCUT2D eigenvalue weighted by Crippen LogP contribution is 2.26. The van der Waals surface area contributed by atoms with Crippen LogP contribution in [0.25, 0.3) is 10.8 Å². The van der Waals surface area contributed by atoms with Crippen LogP contribution in [0.2, 0.25) is 0 Å². The average Bonchev–Trinajstić information content (AvgIpc) is 2.95. The summed E-state index contributed by atoms with van der Waals surface area (Å²) in [6.45, 7) is 2.03. The molecule has 1 aromatic heterocycles. The lowest BCUT2D eigenvalue weighted by atomic mass is 10.0. The summed E-state index contributed by atoms with van der Waals surface area (Å²) < 4.78 is 5.61.